The summed E-state index contributed by atoms with van der Waals surface area (Å²) < 4.78 is 5.23. The molecule has 0 spiro atoms. The van der Waals surface area contributed by atoms with Gasteiger partial charge >= 0.3 is 0 Å². The Morgan fingerprint density at radius 2 is 1.21 bits per heavy atom. The van der Waals surface area contributed by atoms with Gasteiger partial charge in [0.15, 0.2) is 0 Å². The number of imide groups is 1. The van der Waals surface area contributed by atoms with Crippen molar-refractivity contribution in [2.45, 2.75) is 6.54 Å². The first-order valence-corrected chi connectivity index (χ1v) is 11.0. The van der Waals surface area contributed by atoms with Gasteiger partial charge in [0, 0.05) is 45.3 Å². The van der Waals surface area contributed by atoms with Crippen LogP contribution in [-0.4, -0.2) is 33.8 Å². The SMILES string of the molecule is COc1ccc(CN2C(=O)C(c3c[nH]c4ccccc34)=C(c3c[nH]c4ccccc34)C2=O)cc1. The molecule has 6 heteroatoms. The smallest absolute Gasteiger partial charge is 0.262 e. The van der Waals surface area contributed by atoms with E-state index < -0.39 is 0 Å². The fourth-order valence-electron chi connectivity index (χ4n) is 4.69. The van der Waals surface area contributed by atoms with Crippen molar-refractivity contribution >= 4 is 44.8 Å². The fourth-order valence-corrected chi connectivity index (χ4v) is 4.69. The first-order chi connectivity index (χ1) is 16.7. The van der Waals surface area contributed by atoms with E-state index in [9.17, 15) is 9.59 Å². The molecule has 0 saturated carbocycles. The van der Waals surface area contributed by atoms with Gasteiger partial charge in [-0.2, -0.15) is 0 Å². The van der Waals surface area contributed by atoms with Crippen LogP contribution in [0.15, 0.2) is 85.2 Å². The highest BCUT2D eigenvalue weighted by Gasteiger charge is 2.41. The van der Waals surface area contributed by atoms with Gasteiger partial charge in [-0.05, 0) is 29.8 Å². The van der Waals surface area contributed by atoms with Crippen LogP contribution in [0.5, 0.6) is 5.75 Å². The number of fused-ring (bicyclic) bond motifs is 2. The Bertz CT molecular complexity index is 1510. The highest BCUT2D eigenvalue weighted by atomic mass is 16.5. The van der Waals surface area contributed by atoms with E-state index in [1.54, 1.807) is 7.11 Å². The van der Waals surface area contributed by atoms with Crippen LogP contribution >= 0.6 is 0 Å². The zero-order chi connectivity index (χ0) is 23.2. The summed E-state index contributed by atoms with van der Waals surface area (Å²) in [6.45, 7) is 0.180. The average Bonchev–Trinajstić information content (AvgIpc) is 3.55. The van der Waals surface area contributed by atoms with E-state index in [0.29, 0.717) is 11.1 Å². The summed E-state index contributed by atoms with van der Waals surface area (Å²) in [6, 6.07) is 23.0. The highest BCUT2D eigenvalue weighted by molar-refractivity contribution is 6.50. The molecule has 0 atom stereocenters. The third-order valence-electron chi connectivity index (χ3n) is 6.38. The molecule has 5 aromatic rings. The van der Waals surface area contributed by atoms with Gasteiger partial charge in [-0.25, -0.2) is 0 Å². The standard InChI is InChI=1S/C28H21N3O3/c1-34-18-12-10-17(11-13-18)16-31-27(32)25(21-14-29-23-8-4-2-6-19(21)23)26(28(31)33)22-15-30-24-9-5-3-7-20(22)24/h2-15,29-30H,16H2,1H3. The second kappa shape index (κ2) is 7.78. The summed E-state index contributed by atoms with van der Waals surface area (Å²) in [4.78, 5) is 35.5. The summed E-state index contributed by atoms with van der Waals surface area (Å²) in [6.07, 6.45) is 3.63. The maximum atomic E-state index is 13.8. The van der Waals surface area contributed by atoms with Gasteiger partial charge in [-0.1, -0.05) is 48.5 Å². The molecule has 0 fully saturated rings. The Morgan fingerprint density at radius 3 is 1.71 bits per heavy atom. The molecule has 6 nitrogen and oxygen atoms in total. The van der Waals surface area contributed by atoms with Crippen molar-refractivity contribution in [2.75, 3.05) is 7.11 Å². The van der Waals surface area contributed by atoms with Gasteiger partial charge in [0.25, 0.3) is 11.8 Å². The Hall–Kier alpha value is -4.58. The van der Waals surface area contributed by atoms with Crippen LogP contribution in [0.1, 0.15) is 16.7 Å². The van der Waals surface area contributed by atoms with Crippen molar-refractivity contribution in [1.82, 2.24) is 14.9 Å². The van der Waals surface area contributed by atoms with Gasteiger partial charge in [-0.3, -0.25) is 14.5 Å². The molecule has 2 N–H and O–H groups in total. The third kappa shape index (κ3) is 3.03. The number of methoxy groups -OCH3 is 1. The van der Waals surface area contributed by atoms with Crippen LogP contribution < -0.4 is 4.74 Å². The number of nitrogens with zero attached hydrogens (tertiary/aromatic N) is 1. The molecule has 34 heavy (non-hydrogen) atoms. The molecule has 3 heterocycles. The minimum absolute atomic E-state index is 0.180. The van der Waals surface area contributed by atoms with Crippen molar-refractivity contribution in [3.8, 4) is 5.75 Å². The molecule has 0 bridgehead atoms. The van der Waals surface area contributed by atoms with E-state index in [4.69, 9.17) is 4.74 Å². The molecule has 1 aliphatic heterocycles. The number of hydrogen-bond acceptors (Lipinski definition) is 3. The van der Waals surface area contributed by atoms with E-state index in [1.807, 2.05) is 85.2 Å². The predicted molar refractivity (Wildman–Crippen MR) is 132 cm³/mol. The number of nitrogens with one attached hydrogen (secondary N) is 2. The number of ether oxygens (including phenoxy) is 1. The molecular formula is C28H21N3O3. The minimum Gasteiger partial charge on any atom is -0.497 e. The van der Waals surface area contributed by atoms with Crippen molar-refractivity contribution < 1.29 is 14.3 Å². The van der Waals surface area contributed by atoms with E-state index in [1.165, 1.54) is 4.90 Å². The summed E-state index contributed by atoms with van der Waals surface area (Å²) in [5.74, 6) is 0.122. The number of carbonyl (C=O) groups excluding carboxylic acids is 2. The Labute approximate surface area is 195 Å². The highest BCUT2D eigenvalue weighted by Crippen LogP contribution is 2.41. The van der Waals surface area contributed by atoms with Crippen molar-refractivity contribution in [3.05, 3.63) is 102 Å². The number of aromatic amines is 2. The molecule has 0 unspecified atom stereocenters. The second-order valence-electron chi connectivity index (χ2n) is 8.29. The quantitative estimate of drug-likeness (QED) is 0.366. The first-order valence-electron chi connectivity index (χ1n) is 11.0. The normalized spacial score (nSPS) is 14.1. The number of H-pyrrole nitrogens is 2. The zero-order valence-corrected chi connectivity index (χ0v) is 18.5. The first kappa shape index (κ1) is 20.1. The number of amides is 2. The topological polar surface area (TPSA) is 78.2 Å². The molecule has 1 aliphatic rings. The summed E-state index contributed by atoms with van der Waals surface area (Å²) in [5, 5.41) is 1.81. The number of para-hydroxylation sites is 2. The lowest BCUT2D eigenvalue weighted by molar-refractivity contribution is -0.136. The molecule has 166 valence electrons. The Morgan fingerprint density at radius 1 is 0.706 bits per heavy atom. The lowest BCUT2D eigenvalue weighted by Gasteiger charge is -2.15. The third-order valence-corrected chi connectivity index (χ3v) is 6.38. The van der Waals surface area contributed by atoms with E-state index >= 15 is 0 Å². The van der Waals surface area contributed by atoms with Gasteiger partial charge in [0.2, 0.25) is 0 Å². The van der Waals surface area contributed by atoms with Crippen LogP contribution in [0.4, 0.5) is 0 Å². The number of benzene rings is 3. The molecular weight excluding hydrogens is 426 g/mol. The maximum Gasteiger partial charge on any atom is 0.262 e. The molecule has 6 rings (SSSR count). The van der Waals surface area contributed by atoms with Crippen LogP contribution in [0, 0.1) is 0 Å². The minimum atomic E-state index is -0.300. The molecule has 2 aromatic heterocycles. The molecule has 0 saturated heterocycles. The van der Waals surface area contributed by atoms with Crippen LogP contribution in [-0.2, 0) is 16.1 Å². The second-order valence-corrected chi connectivity index (χ2v) is 8.29. The lowest BCUT2D eigenvalue weighted by atomic mass is 9.95. The zero-order valence-electron chi connectivity index (χ0n) is 18.5. The molecule has 0 radical (unpaired) electrons. The molecule has 3 aromatic carbocycles. The average molecular weight is 447 g/mol. The van der Waals surface area contributed by atoms with Crippen LogP contribution in [0.2, 0.25) is 0 Å². The molecule has 2 amide bonds. The number of aromatic nitrogens is 2. The predicted octanol–water partition coefficient (Wildman–Crippen LogP) is 5.14. The van der Waals surface area contributed by atoms with Crippen molar-refractivity contribution in [1.29, 1.82) is 0 Å². The number of hydrogen-bond donors (Lipinski definition) is 2. The lowest BCUT2D eigenvalue weighted by Crippen LogP contribution is -2.30. The number of rotatable bonds is 5. The van der Waals surface area contributed by atoms with Crippen molar-refractivity contribution in [2.24, 2.45) is 0 Å². The van der Waals surface area contributed by atoms with Gasteiger partial charge in [0.05, 0.1) is 24.8 Å². The van der Waals surface area contributed by atoms with Gasteiger partial charge in [-0.15, -0.1) is 0 Å². The van der Waals surface area contributed by atoms with E-state index in [0.717, 1.165) is 44.2 Å². The monoisotopic (exact) mass is 447 g/mol. The Kier molecular flexibility index (Phi) is 4.59. The van der Waals surface area contributed by atoms with Gasteiger partial charge in [0.1, 0.15) is 5.75 Å². The van der Waals surface area contributed by atoms with E-state index in [2.05, 4.69) is 9.97 Å². The molecule has 0 aliphatic carbocycles. The summed E-state index contributed by atoms with van der Waals surface area (Å²) >= 11 is 0. The summed E-state index contributed by atoms with van der Waals surface area (Å²) in [7, 11) is 1.60. The maximum absolute atomic E-state index is 13.8. The van der Waals surface area contributed by atoms with Crippen LogP contribution in [0.25, 0.3) is 33.0 Å². The summed E-state index contributed by atoms with van der Waals surface area (Å²) in [5.41, 5.74) is 4.97. The Balaban J connectivity index is 1.52. The van der Waals surface area contributed by atoms with E-state index in [-0.39, 0.29) is 18.4 Å². The van der Waals surface area contributed by atoms with Crippen LogP contribution in [0.3, 0.4) is 0 Å². The number of carbonyl (C=O) groups is 2. The largest absolute Gasteiger partial charge is 0.497 e. The van der Waals surface area contributed by atoms with Gasteiger partial charge < -0.3 is 14.7 Å². The fraction of sp³-hybridized carbons (Fsp3) is 0.0714. The van der Waals surface area contributed by atoms with Crippen molar-refractivity contribution in [3.63, 3.8) is 0 Å².